The summed E-state index contributed by atoms with van der Waals surface area (Å²) in [4.78, 5) is 24.6. The van der Waals surface area contributed by atoms with E-state index in [0.717, 1.165) is 35.3 Å². The number of alkyl halides is 6. The summed E-state index contributed by atoms with van der Waals surface area (Å²) >= 11 is 0. The highest BCUT2D eigenvalue weighted by molar-refractivity contribution is 7.92. The Hall–Kier alpha value is -3.99. The molecule has 1 fully saturated rings. The zero-order valence-corrected chi connectivity index (χ0v) is 21.8. The molecule has 0 aliphatic carbocycles. The topological polar surface area (TPSA) is 143 Å². The molecule has 41 heavy (non-hydrogen) atoms. The predicted octanol–water partition coefficient (Wildman–Crippen LogP) is 3.50. The van der Waals surface area contributed by atoms with Gasteiger partial charge in [-0.1, -0.05) is 6.07 Å². The molecule has 2 aromatic heterocycles. The van der Waals surface area contributed by atoms with Crippen molar-refractivity contribution in [3.8, 4) is 11.1 Å². The summed E-state index contributed by atoms with van der Waals surface area (Å²) in [6, 6.07) is 9.64. The molecule has 10 nitrogen and oxygen atoms in total. The van der Waals surface area contributed by atoms with Gasteiger partial charge >= 0.3 is 24.3 Å². The minimum atomic E-state index is -5.08. The molecule has 5 rings (SSSR count). The van der Waals surface area contributed by atoms with Crippen LogP contribution in [0.2, 0.25) is 0 Å². The Morgan fingerprint density at radius 1 is 0.951 bits per heavy atom. The second-order valence-corrected chi connectivity index (χ2v) is 11.1. The summed E-state index contributed by atoms with van der Waals surface area (Å²) in [5, 5.41) is 18.1. The number of fused-ring (bicyclic) bond motifs is 3. The van der Waals surface area contributed by atoms with Crippen LogP contribution in [0.1, 0.15) is 17.0 Å². The fourth-order valence-corrected chi connectivity index (χ4v) is 6.59. The van der Waals surface area contributed by atoms with Crippen molar-refractivity contribution in [2.24, 2.45) is 7.05 Å². The Labute approximate surface area is 228 Å². The molecule has 0 saturated carbocycles. The SMILES string of the molecule is Cn1cc(CN2CC3c4cc(-c5ccncc5)ccc4S(=O)(=O)C3C2)cn1.O=C(O)C(F)(F)F.O=C(O)C(F)(F)F. The zero-order chi connectivity index (χ0) is 30.8. The molecule has 2 atom stereocenters. The lowest BCUT2D eigenvalue weighted by Crippen LogP contribution is -2.25. The van der Waals surface area contributed by atoms with Crippen molar-refractivity contribution in [2.75, 3.05) is 13.1 Å². The maximum Gasteiger partial charge on any atom is 0.490 e. The fraction of sp³-hybridized carbons (Fsp3) is 0.333. The molecule has 1 saturated heterocycles. The highest BCUT2D eigenvalue weighted by Crippen LogP contribution is 2.46. The Morgan fingerprint density at radius 3 is 2.00 bits per heavy atom. The predicted molar refractivity (Wildman–Crippen MR) is 129 cm³/mol. The van der Waals surface area contributed by atoms with Crippen LogP contribution in [-0.2, 0) is 33.0 Å². The molecule has 4 heterocycles. The largest absolute Gasteiger partial charge is 0.490 e. The molecule has 2 aliphatic heterocycles. The number of hydrogen-bond acceptors (Lipinski definition) is 7. The van der Waals surface area contributed by atoms with Crippen LogP contribution in [0.3, 0.4) is 0 Å². The zero-order valence-electron chi connectivity index (χ0n) is 21.0. The number of carboxylic acid groups (broad SMARTS) is 2. The van der Waals surface area contributed by atoms with E-state index in [0.29, 0.717) is 11.4 Å². The van der Waals surface area contributed by atoms with Crippen LogP contribution in [0.5, 0.6) is 0 Å². The average Bonchev–Trinajstić information content (AvgIpc) is 3.54. The van der Waals surface area contributed by atoms with E-state index < -0.39 is 34.1 Å². The lowest BCUT2D eigenvalue weighted by molar-refractivity contribution is -0.193. The quantitative estimate of drug-likeness (QED) is 0.427. The highest BCUT2D eigenvalue weighted by Gasteiger charge is 2.50. The van der Waals surface area contributed by atoms with Gasteiger partial charge < -0.3 is 10.2 Å². The normalized spacial score (nSPS) is 19.2. The van der Waals surface area contributed by atoms with Crippen LogP contribution in [0.15, 0.2) is 60.0 Å². The van der Waals surface area contributed by atoms with Crippen LogP contribution < -0.4 is 0 Å². The first kappa shape index (κ1) is 31.5. The summed E-state index contributed by atoms with van der Waals surface area (Å²) in [6.07, 6.45) is -2.82. The van der Waals surface area contributed by atoms with Gasteiger partial charge in [-0.05, 0) is 41.0 Å². The summed E-state index contributed by atoms with van der Waals surface area (Å²) < 4.78 is 91.4. The van der Waals surface area contributed by atoms with Gasteiger partial charge in [-0.25, -0.2) is 18.0 Å². The van der Waals surface area contributed by atoms with E-state index in [4.69, 9.17) is 19.8 Å². The van der Waals surface area contributed by atoms with Crippen molar-refractivity contribution in [3.05, 3.63) is 66.2 Å². The molecule has 0 spiro atoms. The van der Waals surface area contributed by atoms with Crippen molar-refractivity contribution in [1.29, 1.82) is 0 Å². The van der Waals surface area contributed by atoms with Crippen LogP contribution in [0.25, 0.3) is 11.1 Å². The number of carbonyl (C=O) groups is 2. The molecule has 3 aromatic rings. The van der Waals surface area contributed by atoms with Crippen molar-refractivity contribution in [1.82, 2.24) is 19.7 Å². The molecule has 0 bridgehead atoms. The molecule has 1 aromatic carbocycles. The monoisotopic (exact) mass is 608 g/mol. The minimum Gasteiger partial charge on any atom is -0.475 e. The number of carboxylic acids is 2. The van der Waals surface area contributed by atoms with Crippen molar-refractivity contribution in [3.63, 3.8) is 0 Å². The smallest absolute Gasteiger partial charge is 0.475 e. The summed E-state index contributed by atoms with van der Waals surface area (Å²) in [5.41, 5.74) is 4.17. The van der Waals surface area contributed by atoms with Gasteiger partial charge in [-0.15, -0.1) is 0 Å². The fourth-order valence-electron chi connectivity index (χ4n) is 4.39. The Morgan fingerprint density at radius 2 is 1.51 bits per heavy atom. The first-order valence-corrected chi connectivity index (χ1v) is 13.0. The number of sulfone groups is 1. The molecule has 17 heteroatoms. The number of rotatable bonds is 3. The highest BCUT2D eigenvalue weighted by atomic mass is 32.2. The van der Waals surface area contributed by atoms with Gasteiger partial charge in [0.2, 0.25) is 0 Å². The lowest BCUT2D eigenvalue weighted by atomic mass is 9.95. The van der Waals surface area contributed by atoms with E-state index in [1.165, 1.54) is 0 Å². The molecule has 0 radical (unpaired) electrons. The van der Waals surface area contributed by atoms with Crippen LogP contribution >= 0.6 is 0 Å². The number of benzene rings is 1. The van der Waals surface area contributed by atoms with Crippen molar-refractivity contribution >= 4 is 21.8 Å². The standard InChI is InChI=1S/C20H20N4O2S.2C2HF3O2/c1-23-10-14(9-22-23)11-24-12-18-17-8-16(15-4-6-21-7-5-15)2-3-19(17)27(25,26)20(18)13-24;2*3-2(4,5)1(6)7/h2-10,18,20H,11-13H2,1H3;2*(H,6,7). The van der Waals surface area contributed by atoms with Gasteiger partial charge in [0.25, 0.3) is 0 Å². The Balaban J connectivity index is 0.000000276. The second-order valence-electron chi connectivity index (χ2n) is 9.00. The minimum absolute atomic E-state index is 0.0310. The van der Waals surface area contributed by atoms with E-state index in [1.807, 2.05) is 37.6 Å². The summed E-state index contributed by atoms with van der Waals surface area (Å²) in [5.74, 6) is -5.48. The molecule has 0 amide bonds. The van der Waals surface area contributed by atoms with Crippen molar-refractivity contribution in [2.45, 2.75) is 35.0 Å². The van der Waals surface area contributed by atoms with Crippen LogP contribution in [0, 0.1) is 0 Å². The molecule has 2 aliphatic rings. The van der Waals surface area contributed by atoms with E-state index in [9.17, 15) is 34.8 Å². The molecular formula is C24H22F6N4O6S. The van der Waals surface area contributed by atoms with Gasteiger partial charge in [0.1, 0.15) is 0 Å². The summed E-state index contributed by atoms with van der Waals surface area (Å²) in [6.45, 7) is 2.06. The van der Waals surface area contributed by atoms with Gasteiger partial charge in [-0.3, -0.25) is 14.6 Å². The van der Waals surface area contributed by atoms with Gasteiger partial charge in [-0.2, -0.15) is 31.4 Å². The Bertz CT molecular complexity index is 1480. The number of aliphatic carboxylic acids is 2. The van der Waals surface area contributed by atoms with Gasteiger partial charge in [0, 0.05) is 56.8 Å². The number of halogens is 6. The number of hydrogen-bond donors (Lipinski definition) is 2. The average molecular weight is 609 g/mol. The molecule has 2 unspecified atom stereocenters. The number of aryl methyl sites for hydroxylation is 1. The number of pyridine rings is 1. The molecule has 222 valence electrons. The third-order valence-electron chi connectivity index (χ3n) is 6.12. The van der Waals surface area contributed by atoms with E-state index in [-0.39, 0.29) is 11.2 Å². The Kier molecular flexibility index (Phi) is 9.12. The van der Waals surface area contributed by atoms with E-state index in [1.54, 1.807) is 23.1 Å². The summed E-state index contributed by atoms with van der Waals surface area (Å²) in [7, 11) is -1.38. The third kappa shape index (κ3) is 7.60. The van der Waals surface area contributed by atoms with Gasteiger partial charge in [0.15, 0.2) is 9.84 Å². The number of aromatic nitrogens is 3. The third-order valence-corrected chi connectivity index (χ3v) is 8.38. The van der Waals surface area contributed by atoms with Crippen molar-refractivity contribution < 1.29 is 54.6 Å². The first-order chi connectivity index (χ1) is 18.9. The van der Waals surface area contributed by atoms with E-state index >= 15 is 0 Å². The number of nitrogens with zero attached hydrogens (tertiary/aromatic N) is 4. The maximum atomic E-state index is 13.1. The molecular weight excluding hydrogens is 586 g/mol. The van der Waals surface area contributed by atoms with Crippen LogP contribution in [0.4, 0.5) is 26.3 Å². The van der Waals surface area contributed by atoms with Crippen LogP contribution in [-0.4, -0.2) is 80.9 Å². The number of likely N-dealkylation sites (tertiary alicyclic amines) is 1. The maximum absolute atomic E-state index is 13.1. The first-order valence-electron chi connectivity index (χ1n) is 11.5. The molecule has 2 N–H and O–H groups in total. The van der Waals surface area contributed by atoms with Gasteiger partial charge in [0.05, 0.1) is 16.3 Å². The second kappa shape index (κ2) is 11.9. The lowest BCUT2D eigenvalue weighted by Gasteiger charge is -2.16. The van der Waals surface area contributed by atoms with E-state index in [2.05, 4.69) is 21.0 Å².